The summed E-state index contributed by atoms with van der Waals surface area (Å²) in [7, 11) is 0. The first-order chi connectivity index (χ1) is 13.2. The van der Waals surface area contributed by atoms with Crippen LogP contribution in [0.25, 0.3) is 5.70 Å². The quantitative estimate of drug-likeness (QED) is 0.767. The molecule has 0 unspecified atom stereocenters. The maximum absolute atomic E-state index is 12.5. The van der Waals surface area contributed by atoms with Gasteiger partial charge in [-0.15, -0.1) is 11.8 Å². The number of rotatable bonds is 7. The second-order valence-corrected chi connectivity index (χ2v) is 7.37. The molecule has 1 aliphatic heterocycles. The predicted molar refractivity (Wildman–Crippen MR) is 112 cm³/mol. The third-order valence-corrected chi connectivity index (χ3v) is 5.23. The van der Waals surface area contributed by atoms with E-state index in [1.165, 1.54) is 17.3 Å². The summed E-state index contributed by atoms with van der Waals surface area (Å²) in [5, 5.41) is 4.85. The van der Waals surface area contributed by atoms with E-state index < -0.39 is 0 Å². The molecular formula is C22H24N2O2S. The minimum absolute atomic E-state index is 0.0116. The van der Waals surface area contributed by atoms with Gasteiger partial charge in [-0.25, -0.2) is 0 Å². The lowest BCUT2D eigenvalue weighted by atomic mass is 10.1. The van der Waals surface area contributed by atoms with Crippen molar-refractivity contribution in [1.29, 1.82) is 0 Å². The molecule has 4 nitrogen and oxygen atoms in total. The van der Waals surface area contributed by atoms with Crippen molar-refractivity contribution in [3.63, 3.8) is 0 Å². The van der Waals surface area contributed by atoms with E-state index in [1.54, 1.807) is 4.90 Å². The summed E-state index contributed by atoms with van der Waals surface area (Å²) < 4.78 is 0. The van der Waals surface area contributed by atoms with Crippen LogP contribution in [0, 0.1) is 0 Å². The first kappa shape index (κ1) is 19.2. The summed E-state index contributed by atoms with van der Waals surface area (Å²) in [5.74, 6) is 0.111. The van der Waals surface area contributed by atoms with E-state index in [0.717, 1.165) is 36.2 Å². The number of aryl methyl sites for hydroxylation is 1. The van der Waals surface area contributed by atoms with Crippen LogP contribution in [0.3, 0.4) is 0 Å². The zero-order valence-corrected chi connectivity index (χ0v) is 16.3. The first-order valence-corrected chi connectivity index (χ1v) is 10.3. The second-order valence-electron chi connectivity index (χ2n) is 6.51. The van der Waals surface area contributed by atoms with E-state index in [-0.39, 0.29) is 18.4 Å². The summed E-state index contributed by atoms with van der Waals surface area (Å²) in [4.78, 5) is 26.5. The number of carbonyl (C=O) groups excluding carboxylic acids is 2. The molecule has 1 N–H and O–H groups in total. The lowest BCUT2D eigenvalue weighted by Crippen LogP contribution is -2.39. The topological polar surface area (TPSA) is 49.4 Å². The molecule has 2 aromatic carbocycles. The molecule has 0 saturated heterocycles. The molecule has 2 aromatic rings. The molecule has 27 heavy (non-hydrogen) atoms. The van der Waals surface area contributed by atoms with Gasteiger partial charge in [-0.3, -0.25) is 9.59 Å². The Kier molecular flexibility index (Phi) is 6.71. The average Bonchev–Trinajstić information content (AvgIpc) is 2.69. The molecule has 0 fully saturated rings. The monoisotopic (exact) mass is 380 g/mol. The zero-order valence-electron chi connectivity index (χ0n) is 15.5. The number of amides is 2. The molecule has 0 radical (unpaired) electrons. The van der Waals surface area contributed by atoms with E-state index >= 15 is 0 Å². The molecule has 2 amide bonds. The van der Waals surface area contributed by atoms with Crippen LogP contribution in [-0.4, -0.2) is 29.0 Å². The molecular weight excluding hydrogens is 356 g/mol. The van der Waals surface area contributed by atoms with Gasteiger partial charge in [-0.05, 0) is 41.5 Å². The Labute approximate surface area is 164 Å². The normalized spacial score (nSPS) is 14.0. The molecule has 140 valence electrons. The average molecular weight is 381 g/mol. The Morgan fingerprint density at radius 3 is 2.56 bits per heavy atom. The van der Waals surface area contributed by atoms with Crippen LogP contribution in [0.4, 0.5) is 5.69 Å². The number of thioether (sulfide) groups is 1. The van der Waals surface area contributed by atoms with Crippen molar-refractivity contribution in [1.82, 2.24) is 4.90 Å². The minimum atomic E-state index is -0.196. The van der Waals surface area contributed by atoms with E-state index in [9.17, 15) is 9.59 Å². The van der Waals surface area contributed by atoms with Crippen LogP contribution >= 0.6 is 11.8 Å². The summed E-state index contributed by atoms with van der Waals surface area (Å²) in [5.41, 5.74) is 3.74. The predicted octanol–water partition coefficient (Wildman–Crippen LogP) is 4.54. The van der Waals surface area contributed by atoms with Crippen LogP contribution < -0.4 is 5.32 Å². The second kappa shape index (κ2) is 9.42. The third-order valence-electron chi connectivity index (χ3n) is 4.42. The van der Waals surface area contributed by atoms with Crippen molar-refractivity contribution < 1.29 is 9.59 Å². The molecule has 3 rings (SSSR count). The molecule has 0 saturated carbocycles. The van der Waals surface area contributed by atoms with Crippen molar-refractivity contribution in [3.8, 4) is 0 Å². The Morgan fingerprint density at radius 1 is 1.11 bits per heavy atom. The van der Waals surface area contributed by atoms with E-state index in [2.05, 4.69) is 12.2 Å². The van der Waals surface area contributed by atoms with Crippen molar-refractivity contribution >= 4 is 35.0 Å². The van der Waals surface area contributed by atoms with Crippen LogP contribution in [0.1, 0.15) is 30.9 Å². The highest BCUT2D eigenvalue weighted by Crippen LogP contribution is 2.28. The van der Waals surface area contributed by atoms with Crippen molar-refractivity contribution in [3.05, 3.63) is 71.1 Å². The number of hydrogen-bond acceptors (Lipinski definition) is 3. The van der Waals surface area contributed by atoms with Gasteiger partial charge in [-0.2, -0.15) is 0 Å². The first-order valence-electron chi connectivity index (χ1n) is 9.23. The van der Waals surface area contributed by atoms with Crippen molar-refractivity contribution in [2.24, 2.45) is 0 Å². The molecule has 0 aromatic heterocycles. The highest BCUT2D eigenvalue weighted by molar-refractivity contribution is 8.03. The van der Waals surface area contributed by atoms with E-state index in [4.69, 9.17) is 0 Å². The van der Waals surface area contributed by atoms with Gasteiger partial charge < -0.3 is 10.2 Å². The van der Waals surface area contributed by atoms with E-state index in [0.29, 0.717) is 5.75 Å². The molecule has 0 aliphatic carbocycles. The van der Waals surface area contributed by atoms with Gasteiger partial charge in [0, 0.05) is 5.69 Å². The number of nitrogens with zero attached hydrogens (tertiary/aromatic N) is 1. The largest absolute Gasteiger partial charge is 0.325 e. The number of carbonyl (C=O) groups is 2. The lowest BCUT2D eigenvalue weighted by Gasteiger charge is -2.28. The standard InChI is InChI=1S/C22H24N2O2S/c1-2-3-7-17-10-12-19(13-11-17)23-21(25)14-24-20(15-27-16-22(24)26)18-8-5-4-6-9-18/h4-6,8-13,15H,2-3,7,14,16H2,1H3,(H,23,25). The fourth-order valence-corrected chi connectivity index (χ4v) is 3.76. The number of unbranched alkanes of at least 4 members (excludes halogenated alkanes) is 1. The number of anilines is 1. The Hall–Kier alpha value is -2.53. The maximum Gasteiger partial charge on any atom is 0.244 e. The Bertz CT molecular complexity index is 816. The van der Waals surface area contributed by atoms with Crippen LogP contribution in [0.2, 0.25) is 0 Å². The number of nitrogens with one attached hydrogen (secondary N) is 1. The van der Waals surface area contributed by atoms with Crippen molar-refractivity contribution in [2.45, 2.75) is 26.2 Å². The smallest absolute Gasteiger partial charge is 0.244 e. The van der Waals surface area contributed by atoms with Crippen LogP contribution in [-0.2, 0) is 16.0 Å². The molecule has 0 spiro atoms. The molecule has 0 atom stereocenters. The SMILES string of the molecule is CCCCc1ccc(NC(=O)CN2C(=O)CSC=C2c2ccccc2)cc1. The highest BCUT2D eigenvalue weighted by atomic mass is 32.2. The maximum atomic E-state index is 12.5. The van der Waals surface area contributed by atoms with Gasteiger partial charge in [0.15, 0.2) is 0 Å². The van der Waals surface area contributed by atoms with Crippen LogP contribution in [0.5, 0.6) is 0 Å². The summed E-state index contributed by atoms with van der Waals surface area (Å²) in [6.07, 6.45) is 3.38. The molecule has 1 heterocycles. The van der Waals surface area contributed by atoms with Gasteiger partial charge in [-0.1, -0.05) is 55.8 Å². The third kappa shape index (κ3) is 5.23. The molecule has 0 bridgehead atoms. The minimum Gasteiger partial charge on any atom is -0.325 e. The zero-order chi connectivity index (χ0) is 19.1. The fourth-order valence-electron chi connectivity index (χ4n) is 2.95. The number of hydrogen-bond donors (Lipinski definition) is 1. The summed E-state index contributed by atoms with van der Waals surface area (Å²) in [6, 6.07) is 17.6. The molecule has 1 aliphatic rings. The van der Waals surface area contributed by atoms with Crippen molar-refractivity contribution in [2.75, 3.05) is 17.6 Å². The summed E-state index contributed by atoms with van der Waals surface area (Å²) >= 11 is 1.46. The van der Waals surface area contributed by atoms with Gasteiger partial charge in [0.05, 0.1) is 11.4 Å². The van der Waals surface area contributed by atoms with Gasteiger partial charge in [0.2, 0.25) is 11.8 Å². The Morgan fingerprint density at radius 2 is 1.85 bits per heavy atom. The van der Waals surface area contributed by atoms with Gasteiger partial charge in [0.1, 0.15) is 6.54 Å². The van der Waals surface area contributed by atoms with E-state index in [1.807, 2.05) is 60.0 Å². The van der Waals surface area contributed by atoms with Gasteiger partial charge in [0.25, 0.3) is 0 Å². The highest BCUT2D eigenvalue weighted by Gasteiger charge is 2.25. The van der Waals surface area contributed by atoms with Gasteiger partial charge >= 0.3 is 0 Å². The lowest BCUT2D eigenvalue weighted by molar-refractivity contribution is -0.129. The number of benzene rings is 2. The summed E-state index contributed by atoms with van der Waals surface area (Å²) in [6.45, 7) is 2.19. The van der Waals surface area contributed by atoms with Crippen LogP contribution in [0.15, 0.2) is 60.0 Å². The fraction of sp³-hybridized carbons (Fsp3) is 0.273. The Balaban J connectivity index is 1.65. The molecule has 5 heteroatoms.